The van der Waals surface area contributed by atoms with E-state index >= 15 is 0 Å². The van der Waals surface area contributed by atoms with Crippen molar-refractivity contribution in [1.29, 1.82) is 0 Å². The smallest absolute Gasteiger partial charge is 0.395 e. The number of nitrogens with zero attached hydrogens (tertiary/aromatic N) is 1. The summed E-state index contributed by atoms with van der Waals surface area (Å²) in [5.41, 5.74) is 1.47. The predicted octanol–water partition coefficient (Wildman–Crippen LogP) is 3.01. The summed E-state index contributed by atoms with van der Waals surface area (Å²) >= 11 is 0. The van der Waals surface area contributed by atoms with E-state index in [4.69, 9.17) is 0 Å². The lowest BCUT2D eigenvalue weighted by Crippen LogP contribution is -2.46. The minimum Gasteiger partial charge on any atom is -0.395 e. The number of Topliss-reactive ketones (excluding diaryl/α,β-unsaturated/α-hetero) is 1. The maximum Gasteiger partial charge on any atom is 0.586 e. The Morgan fingerprint density at radius 2 is 2.04 bits per heavy atom. The van der Waals surface area contributed by atoms with E-state index in [1.54, 1.807) is 13.0 Å². The summed E-state index contributed by atoms with van der Waals surface area (Å²) in [7, 11) is 2.03. The van der Waals surface area contributed by atoms with Crippen molar-refractivity contribution >= 4 is 5.78 Å². The van der Waals surface area contributed by atoms with Gasteiger partial charge in [0.25, 0.3) is 0 Å². The van der Waals surface area contributed by atoms with Gasteiger partial charge in [-0.2, -0.15) is 0 Å². The minimum atomic E-state index is -3.60. The van der Waals surface area contributed by atoms with Crippen molar-refractivity contribution in [3.8, 4) is 11.5 Å². The van der Waals surface area contributed by atoms with Crippen LogP contribution >= 0.6 is 0 Å². The molecule has 6 heteroatoms. The zero-order valence-corrected chi connectivity index (χ0v) is 13.2. The Kier molecular flexibility index (Phi) is 3.01. The number of ketones is 1. The average Bonchev–Trinajstić information content (AvgIpc) is 2.97. The van der Waals surface area contributed by atoms with Crippen LogP contribution in [0.1, 0.15) is 36.8 Å². The molecular formula is C17H19F2NO3. The molecule has 0 unspecified atom stereocenters. The Balaban J connectivity index is 1.79. The highest BCUT2D eigenvalue weighted by Crippen LogP contribution is 2.51. The zero-order valence-electron chi connectivity index (χ0n) is 13.2. The van der Waals surface area contributed by atoms with E-state index in [9.17, 15) is 13.6 Å². The van der Waals surface area contributed by atoms with Crippen molar-refractivity contribution in [3.05, 3.63) is 23.3 Å². The number of likely N-dealkylation sites (N-methyl/N-ethyl adjacent to an activating group) is 1. The van der Waals surface area contributed by atoms with Crippen LogP contribution in [-0.4, -0.2) is 36.6 Å². The van der Waals surface area contributed by atoms with Gasteiger partial charge in [0.15, 0.2) is 11.5 Å². The van der Waals surface area contributed by atoms with Crippen molar-refractivity contribution in [3.63, 3.8) is 0 Å². The molecule has 1 aliphatic carbocycles. The number of halogens is 2. The molecule has 4 nitrogen and oxygen atoms in total. The Hall–Kier alpha value is -1.69. The van der Waals surface area contributed by atoms with Crippen molar-refractivity contribution < 1.29 is 23.0 Å². The van der Waals surface area contributed by atoms with Gasteiger partial charge in [0.2, 0.25) is 0 Å². The van der Waals surface area contributed by atoms with E-state index in [0.717, 1.165) is 24.9 Å². The highest BCUT2D eigenvalue weighted by atomic mass is 19.3. The van der Waals surface area contributed by atoms with Crippen molar-refractivity contribution in [1.82, 2.24) is 4.90 Å². The molecule has 23 heavy (non-hydrogen) atoms. The van der Waals surface area contributed by atoms with Gasteiger partial charge >= 0.3 is 6.29 Å². The number of aryl methyl sites for hydroxylation is 1. The first-order chi connectivity index (χ1) is 10.8. The van der Waals surface area contributed by atoms with E-state index in [2.05, 4.69) is 14.4 Å². The molecule has 0 radical (unpaired) electrons. The predicted molar refractivity (Wildman–Crippen MR) is 79.0 cm³/mol. The number of hydrogen-bond donors (Lipinski definition) is 0. The topological polar surface area (TPSA) is 38.8 Å². The lowest BCUT2D eigenvalue weighted by atomic mass is 9.65. The van der Waals surface area contributed by atoms with Gasteiger partial charge in [-0.05, 0) is 50.6 Å². The monoisotopic (exact) mass is 323 g/mol. The van der Waals surface area contributed by atoms with Crippen LogP contribution in [0.25, 0.3) is 0 Å². The standard InChI is InChI=1S/C17H19F2NO3/c1-10-7-11(8-13-15(10)23-17(18,19)22-13)16-4-3-12(21)9-14(16)20(2)6-5-16/h7-8,14H,3-6,9H2,1-2H3/t14-,16-/m0/s1. The lowest BCUT2D eigenvalue weighted by Gasteiger charge is -2.41. The molecule has 0 spiro atoms. The molecular weight excluding hydrogens is 304 g/mol. The number of fused-ring (bicyclic) bond motifs is 2. The molecule has 1 aromatic carbocycles. The first kappa shape index (κ1) is 14.9. The van der Waals surface area contributed by atoms with E-state index < -0.39 is 6.29 Å². The third-order valence-corrected chi connectivity index (χ3v) is 5.62. The number of carbonyl (C=O) groups is 1. The quantitative estimate of drug-likeness (QED) is 0.796. The number of hydrogen-bond acceptors (Lipinski definition) is 4. The molecule has 2 aliphatic heterocycles. The number of ether oxygens (including phenoxy) is 2. The van der Waals surface area contributed by atoms with Crippen LogP contribution in [0.3, 0.4) is 0 Å². The lowest BCUT2D eigenvalue weighted by molar-refractivity contribution is -0.286. The molecule has 1 saturated heterocycles. The molecule has 0 aromatic heterocycles. The van der Waals surface area contributed by atoms with E-state index in [-0.39, 0.29) is 28.7 Å². The second kappa shape index (κ2) is 4.66. The van der Waals surface area contributed by atoms with Gasteiger partial charge in [-0.15, -0.1) is 8.78 Å². The molecule has 2 atom stereocenters. The highest BCUT2D eigenvalue weighted by Gasteiger charge is 2.51. The summed E-state index contributed by atoms with van der Waals surface area (Å²) in [6.45, 7) is 2.66. The summed E-state index contributed by atoms with van der Waals surface area (Å²) < 4.78 is 36.0. The summed E-state index contributed by atoms with van der Waals surface area (Å²) in [4.78, 5) is 14.1. The molecule has 0 bridgehead atoms. The van der Waals surface area contributed by atoms with Crippen LogP contribution in [0.2, 0.25) is 0 Å². The SMILES string of the molecule is Cc1cc([C@@]23CCC(=O)C[C@@H]2N(C)CC3)cc2c1OC(F)(F)O2. The van der Waals surface area contributed by atoms with Gasteiger partial charge in [0.05, 0.1) is 0 Å². The second-order valence-corrected chi connectivity index (χ2v) is 6.93. The molecule has 1 saturated carbocycles. The maximum atomic E-state index is 13.4. The van der Waals surface area contributed by atoms with E-state index in [1.807, 2.05) is 13.1 Å². The van der Waals surface area contributed by atoms with Gasteiger partial charge < -0.3 is 14.4 Å². The molecule has 2 heterocycles. The molecule has 0 amide bonds. The van der Waals surface area contributed by atoms with Crippen LogP contribution in [0.4, 0.5) is 8.78 Å². The second-order valence-electron chi connectivity index (χ2n) is 6.93. The normalized spacial score (nSPS) is 32.2. The minimum absolute atomic E-state index is 0.101. The fourth-order valence-corrected chi connectivity index (χ4v) is 4.43. The number of likely N-dealkylation sites (tertiary alicyclic amines) is 1. The summed E-state index contributed by atoms with van der Waals surface area (Å²) in [5, 5.41) is 0. The van der Waals surface area contributed by atoms with Crippen LogP contribution < -0.4 is 9.47 Å². The third kappa shape index (κ3) is 2.15. The molecule has 3 aliphatic rings. The van der Waals surface area contributed by atoms with Crippen LogP contribution in [0.15, 0.2) is 12.1 Å². The van der Waals surface area contributed by atoms with Crippen LogP contribution in [-0.2, 0) is 10.2 Å². The summed E-state index contributed by atoms with van der Waals surface area (Å²) in [5.74, 6) is 0.498. The molecule has 1 aromatic rings. The first-order valence-electron chi connectivity index (χ1n) is 7.94. The average molecular weight is 323 g/mol. The van der Waals surface area contributed by atoms with Crippen LogP contribution in [0, 0.1) is 6.92 Å². The van der Waals surface area contributed by atoms with E-state index in [1.165, 1.54) is 0 Å². The van der Waals surface area contributed by atoms with Gasteiger partial charge in [-0.25, -0.2) is 0 Å². The van der Waals surface area contributed by atoms with E-state index in [0.29, 0.717) is 18.4 Å². The Bertz CT molecular complexity index is 691. The number of benzene rings is 1. The molecule has 4 rings (SSSR count). The molecule has 2 fully saturated rings. The van der Waals surface area contributed by atoms with Crippen molar-refractivity contribution in [2.45, 2.75) is 50.4 Å². The van der Waals surface area contributed by atoms with Gasteiger partial charge in [-0.1, -0.05) is 6.07 Å². The fraction of sp³-hybridized carbons (Fsp3) is 0.588. The Labute approximate surface area is 133 Å². The number of alkyl halides is 2. The summed E-state index contributed by atoms with van der Waals surface area (Å²) in [6, 6.07) is 3.74. The maximum absolute atomic E-state index is 13.4. The third-order valence-electron chi connectivity index (χ3n) is 5.62. The first-order valence-corrected chi connectivity index (χ1v) is 7.94. The van der Waals surface area contributed by atoms with Gasteiger partial charge in [-0.3, -0.25) is 4.79 Å². The van der Waals surface area contributed by atoms with Gasteiger partial charge in [0, 0.05) is 24.3 Å². The highest BCUT2D eigenvalue weighted by molar-refractivity contribution is 5.81. The largest absolute Gasteiger partial charge is 0.586 e. The van der Waals surface area contributed by atoms with Gasteiger partial charge in [0.1, 0.15) is 5.78 Å². The number of carbonyl (C=O) groups excluding carboxylic acids is 1. The summed E-state index contributed by atoms with van der Waals surface area (Å²) in [6.07, 6.45) is -0.834. The fourth-order valence-electron chi connectivity index (χ4n) is 4.43. The zero-order chi connectivity index (χ0) is 16.4. The van der Waals surface area contributed by atoms with Crippen molar-refractivity contribution in [2.24, 2.45) is 0 Å². The molecule has 124 valence electrons. The Morgan fingerprint density at radius 3 is 2.83 bits per heavy atom. The number of rotatable bonds is 1. The van der Waals surface area contributed by atoms with Crippen molar-refractivity contribution in [2.75, 3.05) is 13.6 Å². The Morgan fingerprint density at radius 1 is 1.26 bits per heavy atom. The van der Waals surface area contributed by atoms with Crippen LogP contribution in [0.5, 0.6) is 11.5 Å². The molecule has 0 N–H and O–H groups in total.